The van der Waals surface area contributed by atoms with Crippen molar-refractivity contribution in [2.24, 2.45) is 5.92 Å². The summed E-state index contributed by atoms with van der Waals surface area (Å²) in [4.78, 5) is 0. The van der Waals surface area contributed by atoms with Gasteiger partial charge in [0, 0.05) is 39.9 Å². The van der Waals surface area contributed by atoms with E-state index in [9.17, 15) is 0 Å². The topological polar surface area (TPSA) is 17.0 Å². The summed E-state index contributed by atoms with van der Waals surface area (Å²) >= 11 is 5.40. The quantitative estimate of drug-likeness (QED) is 0.530. The fourth-order valence-corrected chi connectivity index (χ4v) is 3.40. The van der Waals surface area contributed by atoms with E-state index < -0.39 is 0 Å². The fraction of sp³-hybridized carbons (Fsp3) is 0.529. The first kappa shape index (κ1) is 16.9. The third kappa shape index (κ3) is 4.76. The van der Waals surface area contributed by atoms with Crippen LogP contribution in [0.3, 0.4) is 0 Å². The summed E-state index contributed by atoms with van der Waals surface area (Å²) in [6, 6.07) is 6.61. The second kappa shape index (κ2) is 7.70. The van der Waals surface area contributed by atoms with E-state index in [1.54, 1.807) is 0 Å². The van der Waals surface area contributed by atoms with Crippen LogP contribution in [0.5, 0.6) is 0 Å². The highest BCUT2D eigenvalue weighted by Gasteiger charge is 2.10. The molecule has 2 aromatic rings. The van der Waals surface area contributed by atoms with Crippen LogP contribution in [-0.2, 0) is 13.0 Å². The van der Waals surface area contributed by atoms with Gasteiger partial charge >= 0.3 is 0 Å². The molecular formula is C17H25BrN2S. The Hall–Kier alpha value is -0.450. The van der Waals surface area contributed by atoms with Crippen LogP contribution in [0.15, 0.2) is 28.9 Å². The van der Waals surface area contributed by atoms with E-state index >= 15 is 0 Å². The lowest BCUT2D eigenvalue weighted by Gasteiger charge is -2.08. The molecule has 0 aliphatic carbocycles. The minimum absolute atomic E-state index is 0.628. The van der Waals surface area contributed by atoms with Crippen LogP contribution in [0.25, 0.3) is 10.9 Å². The third-order valence-electron chi connectivity index (χ3n) is 3.30. The molecule has 1 aromatic carbocycles. The van der Waals surface area contributed by atoms with Gasteiger partial charge in [0.25, 0.3) is 0 Å². The Balaban J connectivity index is 2.18. The minimum atomic E-state index is 0.628. The van der Waals surface area contributed by atoms with Crippen molar-refractivity contribution in [3.8, 4) is 0 Å². The zero-order chi connectivity index (χ0) is 15.4. The van der Waals surface area contributed by atoms with Crippen molar-refractivity contribution in [3.05, 3.63) is 34.4 Å². The highest BCUT2D eigenvalue weighted by Crippen LogP contribution is 2.26. The Morgan fingerprint density at radius 1 is 1.24 bits per heavy atom. The Bertz CT molecular complexity index is 590. The molecule has 0 atom stereocenters. The Kier molecular flexibility index (Phi) is 6.20. The molecule has 1 heterocycles. The fourth-order valence-electron chi connectivity index (χ4n) is 2.50. The number of aromatic nitrogens is 1. The summed E-state index contributed by atoms with van der Waals surface area (Å²) in [6.45, 7) is 11.0. The second-order valence-corrected chi connectivity index (χ2v) is 8.56. The molecule has 0 radical (unpaired) electrons. The summed E-state index contributed by atoms with van der Waals surface area (Å²) in [5.74, 6) is 0.655. The molecule has 2 rings (SSSR count). The molecule has 21 heavy (non-hydrogen) atoms. The van der Waals surface area contributed by atoms with Gasteiger partial charge in [-0.3, -0.25) is 4.72 Å². The maximum Gasteiger partial charge on any atom is 0.0494 e. The number of hydrogen-bond donors (Lipinski definition) is 1. The van der Waals surface area contributed by atoms with Gasteiger partial charge in [-0.05, 0) is 30.0 Å². The minimum Gasteiger partial charge on any atom is -0.347 e. The zero-order valence-corrected chi connectivity index (χ0v) is 15.7. The lowest BCUT2D eigenvalue weighted by molar-refractivity contribution is 0.534. The maximum atomic E-state index is 3.59. The van der Waals surface area contributed by atoms with E-state index in [0.717, 1.165) is 24.0 Å². The van der Waals surface area contributed by atoms with Gasteiger partial charge in [-0.25, -0.2) is 0 Å². The molecular weight excluding hydrogens is 344 g/mol. The average Bonchev–Trinajstić information content (AvgIpc) is 2.71. The van der Waals surface area contributed by atoms with Crippen molar-refractivity contribution >= 4 is 38.8 Å². The van der Waals surface area contributed by atoms with Gasteiger partial charge in [0.05, 0.1) is 0 Å². The molecule has 0 fully saturated rings. The van der Waals surface area contributed by atoms with Crippen LogP contribution in [-0.4, -0.2) is 16.4 Å². The lowest BCUT2D eigenvalue weighted by atomic mass is 10.1. The van der Waals surface area contributed by atoms with E-state index in [2.05, 4.69) is 77.3 Å². The Morgan fingerprint density at radius 3 is 2.67 bits per heavy atom. The van der Waals surface area contributed by atoms with E-state index in [-0.39, 0.29) is 0 Å². The normalized spacial score (nSPS) is 12.0. The maximum absolute atomic E-state index is 3.59. The lowest BCUT2D eigenvalue weighted by Crippen LogP contribution is -2.11. The smallest absolute Gasteiger partial charge is 0.0494 e. The predicted octanol–water partition coefficient (Wildman–Crippen LogP) is 5.25. The summed E-state index contributed by atoms with van der Waals surface area (Å²) in [5, 5.41) is 2.01. The largest absolute Gasteiger partial charge is 0.347 e. The van der Waals surface area contributed by atoms with Crippen LogP contribution >= 0.6 is 27.9 Å². The van der Waals surface area contributed by atoms with E-state index in [1.165, 1.54) is 16.5 Å². The molecule has 1 N–H and O–H groups in total. The number of fused-ring (bicyclic) bond motifs is 1. The molecule has 0 saturated carbocycles. The Morgan fingerprint density at radius 2 is 2.00 bits per heavy atom. The average molecular weight is 369 g/mol. The molecule has 1 aromatic heterocycles. The van der Waals surface area contributed by atoms with E-state index in [0.29, 0.717) is 11.2 Å². The summed E-state index contributed by atoms with van der Waals surface area (Å²) in [6.07, 6.45) is 3.40. The highest BCUT2D eigenvalue weighted by atomic mass is 79.9. The monoisotopic (exact) mass is 368 g/mol. The third-order valence-corrected chi connectivity index (χ3v) is 4.64. The van der Waals surface area contributed by atoms with Crippen LogP contribution in [0.2, 0.25) is 0 Å². The van der Waals surface area contributed by atoms with Crippen LogP contribution in [0.4, 0.5) is 0 Å². The molecule has 0 aliphatic rings. The Labute approximate surface area is 140 Å². The van der Waals surface area contributed by atoms with Crippen molar-refractivity contribution in [2.45, 2.75) is 45.9 Å². The molecule has 4 heteroatoms. The predicted molar refractivity (Wildman–Crippen MR) is 98.9 cm³/mol. The first-order valence-corrected chi connectivity index (χ1v) is 9.30. The highest BCUT2D eigenvalue weighted by molar-refractivity contribution is 9.10. The van der Waals surface area contributed by atoms with E-state index in [1.807, 2.05) is 11.9 Å². The number of hydrogen-bond acceptors (Lipinski definition) is 2. The van der Waals surface area contributed by atoms with Gasteiger partial charge in [-0.1, -0.05) is 61.6 Å². The molecule has 0 amide bonds. The molecule has 2 nitrogen and oxygen atoms in total. The molecule has 116 valence electrons. The van der Waals surface area contributed by atoms with Crippen molar-refractivity contribution < 1.29 is 0 Å². The molecule has 0 unspecified atom stereocenters. The molecule has 0 bridgehead atoms. The number of halogens is 1. The number of rotatable bonds is 7. The number of nitrogens with one attached hydrogen (secondary N) is 1. The molecule has 0 saturated heterocycles. The number of nitrogens with zero attached hydrogens (tertiary/aromatic N) is 1. The second-order valence-electron chi connectivity index (χ2n) is 6.17. The summed E-state index contributed by atoms with van der Waals surface area (Å²) in [7, 11) is 0. The van der Waals surface area contributed by atoms with Crippen molar-refractivity contribution in [2.75, 3.05) is 6.54 Å². The first-order valence-electron chi connectivity index (χ1n) is 7.63. The summed E-state index contributed by atoms with van der Waals surface area (Å²) in [5.41, 5.74) is 2.78. The standard InChI is InChI=1S/C17H25BrN2S/c1-12(2)10-20-11-14(7-8-19-21-13(3)4)16-6-5-15(18)9-17(16)20/h5-6,9,11-13,19H,7-8,10H2,1-4H3. The van der Waals surface area contributed by atoms with Gasteiger partial charge in [0.1, 0.15) is 0 Å². The van der Waals surface area contributed by atoms with Crippen LogP contribution in [0, 0.1) is 5.92 Å². The number of benzene rings is 1. The molecule has 0 aliphatic heterocycles. The van der Waals surface area contributed by atoms with Crippen LogP contribution < -0.4 is 4.72 Å². The van der Waals surface area contributed by atoms with Gasteiger partial charge in [-0.2, -0.15) is 0 Å². The van der Waals surface area contributed by atoms with E-state index in [4.69, 9.17) is 0 Å². The zero-order valence-electron chi connectivity index (χ0n) is 13.3. The van der Waals surface area contributed by atoms with Crippen LogP contribution in [0.1, 0.15) is 33.3 Å². The van der Waals surface area contributed by atoms with Gasteiger partial charge in [0.15, 0.2) is 0 Å². The summed E-state index contributed by atoms with van der Waals surface area (Å²) < 4.78 is 7.01. The van der Waals surface area contributed by atoms with Crippen molar-refractivity contribution in [1.29, 1.82) is 0 Å². The van der Waals surface area contributed by atoms with Crippen molar-refractivity contribution in [1.82, 2.24) is 9.29 Å². The van der Waals surface area contributed by atoms with Gasteiger partial charge in [0.2, 0.25) is 0 Å². The van der Waals surface area contributed by atoms with Crippen molar-refractivity contribution in [3.63, 3.8) is 0 Å². The molecule has 0 spiro atoms. The first-order chi connectivity index (χ1) is 9.97. The van der Waals surface area contributed by atoms with Gasteiger partial charge in [-0.15, -0.1) is 0 Å². The van der Waals surface area contributed by atoms with Gasteiger partial charge < -0.3 is 4.57 Å². The SMILES string of the molecule is CC(C)Cn1cc(CCNSC(C)C)c2ccc(Br)cc21.